The lowest BCUT2D eigenvalue weighted by molar-refractivity contribution is -0.384. The molecule has 0 aliphatic heterocycles. The Kier molecular flexibility index (Phi) is 4.42. The Morgan fingerprint density at radius 3 is 2.40 bits per heavy atom. The fourth-order valence-electron chi connectivity index (χ4n) is 2.55. The third-order valence-electron chi connectivity index (χ3n) is 3.70. The molecule has 3 aromatic rings. The molecule has 8 nitrogen and oxygen atoms in total. The predicted octanol–water partition coefficient (Wildman–Crippen LogP) is 3.55. The molecule has 8 heteroatoms. The van der Waals surface area contributed by atoms with E-state index in [9.17, 15) is 10.1 Å². The van der Waals surface area contributed by atoms with Crippen LogP contribution in [0.15, 0.2) is 30.3 Å². The van der Waals surface area contributed by atoms with Crippen LogP contribution in [-0.2, 0) is 0 Å². The maximum Gasteiger partial charge on any atom is 0.271 e. The summed E-state index contributed by atoms with van der Waals surface area (Å²) >= 11 is 0. The van der Waals surface area contributed by atoms with Gasteiger partial charge in [-0.3, -0.25) is 10.1 Å². The normalized spacial score (nSPS) is 10.7. The van der Waals surface area contributed by atoms with Crippen LogP contribution in [0.1, 0.15) is 6.92 Å². The molecule has 0 fully saturated rings. The molecule has 130 valence electrons. The Morgan fingerprint density at radius 1 is 1.16 bits per heavy atom. The van der Waals surface area contributed by atoms with Gasteiger partial charge >= 0.3 is 0 Å². The van der Waals surface area contributed by atoms with E-state index < -0.39 is 4.92 Å². The number of methoxy groups -OCH3 is 2. The van der Waals surface area contributed by atoms with Gasteiger partial charge in [-0.2, -0.15) is 0 Å². The fraction of sp³-hybridized carbons (Fsp3) is 0.235. The highest BCUT2D eigenvalue weighted by atomic mass is 16.6. The van der Waals surface area contributed by atoms with Gasteiger partial charge in [0.2, 0.25) is 5.75 Å². The molecule has 0 radical (unpaired) electrons. The van der Waals surface area contributed by atoms with E-state index in [4.69, 9.17) is 14.2 Å². The second-order valence-corrected chi connectivity index (χ2v) is 5.19. The number of benzene rings is 2. The van der Waals surface area contributed by atoms with E-state index in [1.807, 2.05) is 6.92 Å². The average Bonchev–Trinajstić information content (AvgIpc) is 3.05. The molecule has 1 heterocycles. The van der Waals surface area contributed by atoms with E-state index in [0.29, 0.717) is 40.7 Å². The number of imidazole rings is 1. The fourth-order valence-corrected chi connectivity index (χ4v) is 2.55. The van der Waals surface area contributed by atoms with Crippen molar-refractivity contribution in [1.29, 1.82) is 0 Å². The summed E-state index contributed by atoms with van der Waals surface area (Å²) in [4.78, 5) is 18.0. The van der Waals surface area contributed by atoms with E-state index in [1.54, 1.807) is 32.4 Å². The number of fused-ring (bicyclic) bond motifs is 1. The minimum atomic E-state index is -0.442. The first-order valence-electron chi connectivity index (χ1n) is 7.60. The van der Waals surface area contributed by atoms with E-state index in [0.717, 1.165) is 5.56 Å². The lowest BCUT2D eigenvalue weighted by Crippen LogP contribution is -1.99. The number of hydrogen-bond acceptors (Lipinski definition) is 6. The van der Waals surface area contributed by atoms with E-state index in [-0.39, 0.29) is 5.69 Å². The number of nitro groups is 1. The Labute approximate surface area is 143 Å². The summed E-state index contributed by atoms with van der Waals surface area (Å²) < 4.78 is 16.4. The maximum absolute atomic E-state index is 10.9. The van der Waals surface area contributed by atoms with E-state index in [1.165, 1.54) is 12.1 Å². The van der Waals surface area contributed by atoms with Gasteiger partial charge in [0.05, 0.1) is 36.8 Å². The highest BCUT2D eigenvalue weighted by Crippen LogP contribution is 2.41. The zero-order chi connectivity index (χ0) is 18.0. The number of H-pyrrole nitrogens is 1. The number of rotatable bonds is 6. The highest BCUT2D eigenvalue weighted by molar-refractivity contribution is 5.82. The molecular weight excluding hydrogens is 326 g/mol. The van der Waals surface area contributed by atoms with Gasteiger partial charge in [-0.15, -0.1) is 0 Å². The van der Waals surface area contributed by atoms with Gasteiger partial charge in [-0.25, -0.2) is 4.98 Å². The first kappa shape index (κ1) is 16.6. The van der Waals surface area contributed by atoms with Crippen molar-refractivity contribution in [2.75, 3.05) is 20.8 Å². The van der Waals surface area contributed by atoms with Gasteiger partial charge in [0.15, 0.2) is 11.5 Å². The van der Waals surface area contributed by atoms with Crippen LogP contribution in [-0.4, -0.2) is 35.7 Å². The zero-order valence-electron chi connectivity index (χ0n) is 14.0. The van der Waals surface area contributed by atoms with Gasteiger partial charge in [-0.1, -0.05) is 0 Å². The van der Waals surface area contributed by atoms with Crippen molar-refractivity contribution in [3.05, 3.63) is 40.4 Å². The molecule has 0 amide bonds. The number of aromatic amines is 1. The number of ether oxygens (including phenoxy) is 3. The van der Waals surface area contributed by atoms with Crippen LogP contribution in [0.25, 0.3) is 22.4 Å². The molecule has 0 aliphatic rings. The van der Waals surface area contributed by atoms with Crippen molar-refractivity contribution in [3.63, 3.8) is 0 Å². The minimum Gasteiger partial charge on any atom is -0.493 e. The molecule has 0 unspecified atom stereocenters. The van der Waals surface area contributed by atoms with Crippen molar-refractivity contribution >= 4 is 16.7 Å². The number of non-ortho nitro benzene ring substituents is 1. The van der Waals surface area contributed by atoms with Gasteiger partial charge in [0, 0.05) is 17.7 Å². The number of hydrogen-bond donors (Lipinski definition) is 1. The Hall–Kier alpha value is -3.29. The molecule has 0 bridgehead atoms. The van der Waals surface area contributed by atoms with Crippen molar-refractivity contribution in [1.82, 2.24) is 9.97 Å². The number of nitrogens with one attached hydrogen (secondary N) is 1. The van der Waals surface area contributed by atoms with Gasteiger partial charge in [0.25, 0.3) is 5.69 Å². The zero-order valence-corrected chi connectivity index (χ0v) is 14.0. The second-order valence-electron chi connectivity index (χ2n) is 5.19. The summed E-state index contributed by atoms with van der Waals surface area (Å²) in [5, 5.41) is 10.9. The molecule has 2 aromatic carbocycles. The SMILES string of the molecule is CCOc1c(OC)cc(-c2nc3ccc([N+](=O)[O-])cc3[nH]2)cc1OC. The second kappa shape index (κ2) is 6.68. The van der Waals surface area contributed by atoms with E-state index >= 15 is 0 Å². The van der Waals surface area contributed by atoms with Crippen molar-refractivity contribution < 1.29 is 19.1 Å². The summed E-state index contributed by atoms with van der Waals surface area (Å²) in [5.41, 5.74) is 1.93. The topological polar surface area (TPSA) is 99.5 Å². The highest BCUT2D eigenvalue weighted by Gasteiger charge is 2.17. The third kappa shape index (κ3) is 3.06. The molecule has 0 saturated heterocycles. The van der Waals surface area contributed by atoms with Crippen LogP contribution in [0.2, 0.25) is 0 Å². The monoisotopic (exact) mass is 343 g/mol. The quantitative estimate of drug-likeness (QED) is 0.543. The molecule has 1 N–H and O–H groups in total. The Bertz CT molecular complexity index is 910. The smallest absolute Gasteiger partial charge is 0.271 e. The van der Waals surface area contributed by atoms with Crippen LogP contribution < -0.4 is 14.2 Å². The summed E-state index contributed by atoms with van der Waals surface area (Å²) in [7, 11) is 3.09. The summed E-state index contributed by atoms with van der Waals surface area (Å²) in [6.07, 6.45) is 0. The molecule has 3 rings (SSSR count). The number of nitrogens with zero attached hydrogens (tertiary/aromatic N) is 2. The van der Waals surface area contributed by atoms with Crippen LogP contribution in [0.3, 0.4) is 0 Å². The van der Waals surface area contributed by atoms with Crippen molar-refractivity contribution in [2.45, 2.75) is 6.92 Å². The summed E-state index contributed by atoms with van der Waals surface area (Å²) in [6, 6.07) is 8.04. The lowest BCUT2D eigenvalue weighted by atomic mass is 10.1. The van der Waals surface area contributed by atoms with Crippen LogP contribution >= 0.6 is 0 Å². The lowest BCUT2D eigenvalue weighted by Gasteiger charge is -2.14. The summed E-state index contributed by atoms with van der Waals surface area (Å²) in [5.74, 6) is 2.10. The van der Waals surface area contributed by atoms with Crippen LogP contribution in [0.4, 0.5) is 5.69 Å². The molecule has 25 heavy (non-hydrogen) atoms. The standard InChI is InChI=1S/C17H17N3O5/c1-4-25-16-14(23-2)7-10(8-15(16)24-3)17-18-12-6-5-11(20(21)22)9-13(12)19-17/h5-9H,4H2,1-3H3,(H,18,19). The molecule has 0 saturated carbocycles. The Balaban J connectivity index is 2.12. The van der Waals surface area contributed by atoms with Gasteiger partial charge in [-0.05, 0) is 25.1 Å². The van der Waals surface area contributed by atoms with Gasteiger partial charge in [0.1, 0.15) is 5.82 Å². The Morgan fingerprint density at radius 2 is 1.84 bits per heavy atom. The molecular formula is C17H17N3O5. The van der Waals surface area contributed by atoms with Crippen molar-refractivity contribution in [3.8, 4) is 28.6 Å². The van der Waals surface area contributed by atoms with Crippen LogP contribution in [0.5, 0.6) is 17.2 Å². The third-order valence-corrected chi connectivity index (χ3v) is 3.70. The molecule has 0 spiro atoms. The van der Waals surface area contributed by atoms with Gasteiger partial charge < -0.3 is 19.2 Å². The minimum absolute atomic E-state index is 0.00422. The average molecular weight is 343 g/mol. The molecule has 1 aromatic heterocycles. The summed E-state index contributed by atoms with van der Waals surface area (Å²) in [6.45, 7) is 2.35. The van der Waals surface area contributed by atoms with E-state index in [2.05, 4.69) is 9.97 Å². The molecule has 0 aliphatic carbocycles. The largest absolute Gasteiger partial charge is 0.493 e. The molecule has 0 atom stereocenters. The first-order valence-corrected chi connectivity index (χ1v) is 7.60. The first-order chi connectivity index (χ1) is 12.1. The number of nitro benzene ring substituents is 1. The predicted molar refractivity (Wildman–Crippen MR) is 92.5 cm³/mol. The maximum atomic E-state index is 10.9. The number of aromatic nitrogens is 2. The van der Waals surface area contributed by atoms with Crippen LogP contribution in [0, 0.1) is 10.1 Å². The van der Waals surface area contributed by atoms with Crippen molar-refractivity contribution in [2.24, 2.45) is 0 Å².